The molecule has 0 fully saturated rings. The average molecular weight is 409 g/mol. The molecule has 28 heavy (non-hydrogen) atoms. The Morgan fingerprint density at radius 1 is 1.00 bits per heavy atom. The van der Waals surface area contributed by atoms with Crippen molar-refractivity contribution in [1.29, 1.82) is 0 Å². The van der Waals surface area contributed by atoms with Crippen molar-refractivity contribution in [2.24, 2.45) is 0 Å². The monoisotopic (exact) mass is 409 g/mol. The van der Waals surface area contributed by atoms with Crippen molar-refractivity contribution in [3.8, 4) is 0 Å². The number of alkyl halides is 6. The molecule has 152 valence electrons. The van der Waals surface area contributed by atoms with E-state index in [0.29, 0.717) is 19.1 Å². The largest absolute Gasteiger partial charge is 0.416 e. The summed E-state index contributed by atoms with van der Waals surface area (Å²) in [5, 5.41) is 3.76. The zero-order chi connectivity index (χ0) is 21.1. The van der Waals surface area contributed by atoms with Gasteiger partial charge in [-0.15, -0.1) is 0 Å². The van der Waals surface area contributed by atoms with Gasteiger partial charge < -0.3 is 10.6 Å². The molecule has 0 saturated heterocycles. The molecular weight excluding hydrogens is 395 g/mol. The number of nitrogens with one attached hydrogen (secondary N) is 2. The molecule has 0 radical (unpaired) electrons. The molecule has 2 aromatic rings. The van der Waals surface area contributed by atoms with E-state index >= 15 is 0 Å². The number of carbonyl (C=O) groups is 1. The number of hydrogen-bond acceptors (Lipinski definition) is 2. The van der Waals surface area contributed by atoms with Gasteiger partial charge in [-0.25, -0.2) is 9.18 Å². The van der Waals surface area contributed by atoms with E-state index in [2.05, 4.69) is 10.3 Å². The van der Waals surface area contributed by atoms with Gasteiger partial charge in [0, 0.05) is 6.20 Å². The lowest BCUT2D eigenvalue weighted by Gasteiger charge is -2.23. The molecule has 11 heteroatoms. The average Bonchev–Trinajstić information content (AvgIpc) is 2.59. The predicted octanol–water partition coefficient (Wildman–Crippen LogP) is 4.58. The van der Waals surface area contributed by atoms with Crippen molar-refractivity contribution in [3.63, 3.8) is 0 Å². The number of amides is 2. The first kappa shape index (κ1) is 21.5. The molecule has 1 unspecified atom stereocenters. The Balaban J connectivity index is 2.33. The molecule has 0 aliphatic heterocycles. The maximum Gasteiger partial charge on any atom is 0.416 e. The Bertz CT molecular complexity index is 819. The maximum absolute atomic E-state index is 14.1. The predicted molar refractivity (Wildman–Crippen MR) is 84.7 cm³/mol. The number of urea groups is 1. The van der Waals surface area contributed by atoms with Crippen molar-refractivity contribution in [1.82, 2.24) is 15.6 Å². The third-order valence-corrected chi connectivity index (χ3v) is 3.75. The summed E-state index contributed by atoms with van der Waals surface area (Å²) in [5.41, 5.74) is -1.34. The Morgan fingerprint density at radius 2 is 1.61 bits per heavy atom. The van der Waals surface area contributed by atoms with E-state index in [4.69, 9.17) is 0 Å². The van der Waals surface area contributed by atoms with E-state index in [9.17, 15) is 35.5 Å². The molecule has 2 atom stereocenters. The van der Waals surface area contributed by atoms with Crippen LogP contribution in [0.1, 0.15) is 29.8 Å². The fraction of sp³-hybridized carbons (Fsp3) is 0.294. The Morgan fingerprint density at radius 3 is 2.11 bits per heavy atom. The second kappa shape index (κ2) is 8.03. The number of rotatable bonds is 4. The highest BCUT2D eigenvalue weighted by molar-refractivity contribution is 5.75. The SMILES string of the molecule is C[C@H](NC(=O)NC(c1ccc(C(F)(F)F)cc1)c1ncccc1F)C(F)(F)F. The van der Waals surface area contributed by atoms with Gasteiger partial charge in [0.05, 0.1) is 5.56 Å². The molecule has 1 heterocycles. The number of benzene rings is 1. The van der Waals surface area contributed by atoms with E-state index in [1.165, 1.54) is 12.3 Å². The molecule has 2 N–H and O–H groups in total. The van der Waals surface area contributed by atoms with Crippen molar-refractivity contribution in [2.75, 3.05) is 0 Å². The number of carbonyl (C=O) groups excluding carboxylic acids is 1. The van der Waals surface area contributed by atoms with Gasteiger partial charge in [-0.3, -0.25) is 4.98 Å². The lowest BCUT2D eigenvalue weighted by Crippen LogP contribution is -2.48. The van der Waals surface area contributed by atoms with Gasteiger partial charge in [-0.05, 0) is 36.8 Å². The van der Waals surface area contributed by atoms with E-state index in [0.717, 1.165) is 18.2 Å². The summed E-state index contributed by atoms with van der Waals surface area (Å²) in [6.07, 6.45) is -8.15. The first-order valence-corrected chi connectivity index (χ1v) is 7.81. The second-order valence-corrected chi connectivity index (χ2v) is 5.80. The Labute approximate surface area is 154 Å². The second-order valence-electron chi connectivity index (χ2n) is 5.80. The van der Waals surface area contributed by atoms with Gasteiger partial charge in [-0.1, -0.05) is 12.1 Å². The smallest absolute Gasteiger partial charge is 0.327 e. The van der Waals surface area contributed by atoms with Gasteiger partial charge in [-0.2, -0.15) is 26.3 Å². The number of hydrogen-bond donors (Lipinski definition) is 2. The number of halogens is 7. The van der Waals surface area contributed by atoms with Crippen molar-refractivity contribution >= 4 is 6.03 Å². The quantitative estimate of drug-likeness (QED) is 0.727. The summed E-state index contributed by atoms with van der Waals surface area (Å²) in [5.74, 6) is -0.892. The van der Waals surface area contributed by atoms with Crippen LogP contribution >= 0.6 is 0 Å². The first-order valence-electron chi connectivity index (χ1n) is 7.81. The highest BCUT2D eigenvalue weighted by Crippen LogP contribution is 2.31. The summed E-state index contributed by atoms with van der Waals surface area (Å²) >= 11 is 0. The molecule has 0 spiro atoms. The molecule has 0 aliphatic rings. The minimum atomic E-state index is -4.71. The van der Waals surface area contributed by atoms with Crippen LogP contribution in [0.5, 0.6) is 0 Å². The number of nitrogens with zero attached hydrogens (tertiary/aromatic N) is 1. The van der Waals surface area contributed by atoms with Crippen LogP contribution in [0.3, 0.4) is 0 Å². The van der Waals surface area contributed by atoms with Crippen molar-refractivity contribution in [2.45, 2.75) is 31.4 Å². The molecule has 2 rings (SSSR count). The van der Waals surface area contributed by atoms with Crippen LogP contribution < -0.4 is 10.6 Å². The third-order valence-electron chi connectivity index (χ3n) is 3.75. The summed E-state index contributed by atoms with van der Waals surface area (Å²) < 4.78 is 90.0. The third kappa shape index (κ3) is 5.33. The fourth-order valence-electron chi connectivity index (χ4n) is 2.24. The first-order chi connectivity index (χ1) is 12.9. The van der Waals surface area contributed by atoms with Crippen molar-refractivity contribution < 1.29 is 35.5 Å². The summed E-state index contributed by atoms with van der Waals surface area (Å²) in [6.45, 7) is 0.702. The maximum atomic E-state index is 14.1. The zero-order valence-corrected chi connectivity index (χ0v) is 14.2. The lowest BCUT2D eigenvalue weighted by atomic mass is 10.0. The Hall–Kier alpha value is -2.85. The lowest BCUT2D eigenvalue weighted by molar-refractivity contribution is -0.148. The van der Waals surface area contributed by atoms with Crippen LogP contribution in [0.2, 0.25) is 0 Å². The normalized spacial score (nSPS) is 14.3. The van der Waals surface area contributed by atoms with Crippen LogP contribution in [0.25, 0.3) is 0 Å². The van der Waals surface area contributed by atoms with E-state index < -0.39 is 41.8 Å². The molecule has 0 aliphatic carbocycles. The van der Waals surface area contributed by atoms with E-state index in [1.54, 1.807) is 5.32 Å². The van der Waals surface area contributed by atoms with Crippen LogP contribution in [0.4, 0.5) is 35.5 Å². The van der Waals surface area contributed by atoms with Gasteiger partial charge in [0.15, 0.2) is 0 Å². The molecule has 2 amide bonds. The highest BCUT2D eigenvalue weighted by atomic mass is 19.4. The molecule has 4 nitrogen and oxygen atoms in total. The fourth-order valence-corrected chi connectivity index (χ4v) is 2.24. The zero-order valence-electron chi connectivity index (χ0n) is 14.2. The highest BCUT2D eigenvalue weighted by Gasteiger charge is 2.37. The number of pyridine rings is 1. The van der Waals surface area contributed by atoms with Crippen LogP contribution in [-0.2, 0) is 6.18 Å². The molecular formula is C17H14F7N3O. The number of aromatic nitrogens is 1. The van der Waals surface area contributed by atoms with Crippen LogP contribution in [-0.4, -0.2) is 23.2 Å². The molecule has 0 bridgehead atoms. The molecule has 0 saturated carbocycles. The van der Waals surface area contributed by atoms with Crippen molar-refractivity contribution in [3.05, 3.63) is 65.2 Å². The molecule has 1 aromatic heterocycles. The standard InChI is InChI=1S/C17H14F7N3O/c1-9(16(19,20)21)26-15(28)27-13(14-12(18)3-2-8-25-14)10-4-6-11(7-5-10)17(22,23)24/h2-9,13H,1H3,(H2,26,27,28)/t9-,13?/m0/s1. The Kier molecular flexibility index (Phi) is 6.15. The summed E-state index contributed by atoms with van der Waals surface area (Å²) in [4.78, 5) is 15.7. The minimum Gasteiger partial charge on any atom is -0.327 e. The minimum absolute atomic E-state index is 0.000381. The summed E-state index contributed by atoms with van der Waals surface area (Å²) in [7, 11) is 0. The van der Waals surface area contributed by atoms with Gasteiger partial charge >= 0.3 is 18.4 Å². The van der Waals surface area contributed by atoms with Gasteiger partial charge in [0.2, 0.25) is 0 Å². The summed E-state index contributed by atoms with van der Waals surface area (Å²) in [6, 6.07) is 0.719. The van der Waals surface area contributed by atoms with E-state index in [-0.39, 0.29) is 11.3 Å². The van der Waals surface area contributed by atoms with Crippen LogP contribution in [0.15, 0.2) is 42.6 Å². The van der Waals surface area contributed by atoms with Gasteiger partial charge in [0.1, 0.15) is 23.6 Å². The van der Waals surface area contributed by atoms with E-state index in [1.807, 2.05) is 0 Å². The topological polar surface area (TPSA) is 54.0 Å². The van der Waals surface area contributed by atoms with Crippen LogP contribution in [0, 0.1) is 5.82 Å². The van der Waals surface area contributed by atoms with Gasteiger partial charge in [0.25, 0.3) is 0 Å². The molecule has 1 aromatic carbocycles.